The molecule has 0 bridgehead atoms. The van der Waals surface area contributed by atoms with E-state index < -0.39 is 0 Å². The quantitative estimate of drug-likeness (QED) is 0.823. The fourth-order valence-corrected chi connectivity index (χ4v) is 3.31. The van der Waals surface area contributed by atoms with Gasteiger partial charge in [0, 0.05) is 13.2 Å². The molecular weight excluding hydrogens is 340 g/mol. The minimum Gasteiger partial charge on any atom is -0.376 e. The summed E-state index contributed by atoms with van der Waals surface area (Å²) in [5, 5.41) is 5.78. The third-order valence-electron chi connectivity index (χ3n) is 4.81. The van der Waals surface area contributed by atoms with Gasteiger partial charge in [0.25, 0.3) is 5.91 Å². The molecule has 1 saturated heterocycles. The van der Waals surface area contributed by atoms with Gasteiger partial charge in [0.2, 0.25) is 5.91 Å². The number of rotatable bonds is 6. The maximum Gasteiger partial charge on any atom is 0.253 e. The molecule has 0 spiro atoms. The number of aryl methyl sites for hydroxylation is 2. The van der Waals surface area contributed by atoms with E-state index in [0.29, 0.717) is 17.8 Å². The van der Waals surface area contributed by atoms with Crippen LogP contribution < -0.4 is 10.6 Å². The first-order valence-electron chi connectivity index (χ1n) is 9.38. The van der Waals surface area contributed by atoms with Crippen LogP contribution in [0.4, 0.5) is 5.69 Å². The van der Waals surface area contributed by atoms with Crippen molar-refractivity contribution in [2.24, 2.45) is 0 Å². The Morgan fingerprint density at radius 3 is 2.70 bits per heavy atom. The molecule has 27 heavy (non-hydrogen) atoms. The Balaban J connectivity index is 1.64. The highest BCUT2D eigenvalue weighted by atomic mass is 16.5. The van der Waals surface area contributed by atoms with E-state index in [9.17, 15) is 9.59 Å². The SMILES string of the molecule is Cc1ccc(CC(=O)Nc2ccccc2C(=O)NCC2CCCO2)c(C)c1. The Hall–Kier alpha value is -2.66. The summed E-state index contributed by atoms with van der Waals surface area (Å²) >= 11 is 0. The van der Waals surface area contributed by atoms with Crippen LogP contribution in [0.2, 0.25) is 0 Å². The zero-order valence-corrected chi connectivity index (χ0v) is 15.9. The first-order valence-corrected chi connectivity index (χ1v) is 9.38. The molecule has 1 aliphatic heterocycles. The summed E-state index contributed by atoms with van der Waals surface area (Å²) < 4.78 is 5.54. The van der Waals surface area contributed by atoms with Crippen molar-refractivity contribution in [1.29, 1.82) is 0 Å². The van der Waals surface area contributed by atoms with Gasteiger partial charge in [0.15, 0.2) is 0 Å². The maximum absolute atomic E-state index is 12.5. The number of anilines is 1. The van der Waals surface area contributed by atoms with Crippen molar-refractivity contribution in [3.8, 4) is 0 Å². The molecule has 3 rings (SSSR count). The minimum absolute atomic E-state index is 0.0835. The van der Waals surface area contributed by atoms with Crippen LogP contribution in [-0.2, 0) is 16.0 Å². The number of ether oxygens (including phenoxy) is 1. The molecular formula is C22H26N2O3. The Labute approximate surface area is 160 Å². The van der Waals surface area contributed by atoms with E-state index in [0.717, 1.165) is 30.6 Å². The Morgan fingerprint density at radius 1 is 1.15 bits per heavy atom. The summed E-state index contributed by atoms with van der Waals surface area (Å²) in [6.07, 6.45) is 2.36. The number of amides is 2. The van der Waals surface area contributed by atoms with Gasteiger partial charge >= 0.3 is 0 Å². The zero-order chi connectivity index (χ0) is 19.2. The topological polar surface area (TPSA) is 67.4 Å². The number of carbonyl (C=O) groups is 2. The molecule has 1 fully saturated rings. The van der Waals surface area contributed by atoms with Crippen LogP contribution in [0.5, 0.6) is 0 Å². The Kier molecular flexibility index (Phi) is 6.24. The van der Waals surface area contributed by atoms with E-state index in [2.05, 4.69) is 16.7 Å². The summed E-state index contributed by atoms with van der Waals surface area (Å²) in [6, 6.07) is 13.1. The summed E-state index contributed by atoms with van der Waals surface area (Å²) in [5.41, 5.74) is 4.23. The van der Waals surface area contributed by atoms with Crippen LogP contribution in [-0.4, -0.2) is 31.1 Å². The van der Waals surface area contributed by atoms with Crippen molar-refractivity contribution in [3.63, 3.8) is 0 Å². The molecule has 0 aliphatic carbocycles. The second-order valence-electron chi connectivity index (χ2n) is 7.05. The van der Waals surface area contributed by atoms with Gasteiger partial charge in [-0.05, 0) is 49.9 Å². The first-order chi connectivity index (χ1) is 13.0. The van der Waals surface area contributed by atoms with Crippen molar-refractivity contribution >= 4 is 17.5 Å². The van der Waals surface area contributed by atoms with Crippen LogP contribution in [0.1, 0.15) is 39.9 Å². The molecule has 5 heteroatoms. The van der Waals surface area contributed by atoms with E-state index >= 15 is 0 Å². The highest BCUT2D eigenvalue weighted by molar-refractivity contribution is 6.04. The largest absolute Gasteiger partial charge is 0.376 e. The van der Waals surface area contributed by atoms with E-state index in [1.807, 2.05) is 32.0 Å². The molecule has 1 atom stereocenters. The second-order valence-corrected chi connectivity index (χ2v) is 7.05. The molecule has 142 valence electrons. The van der Waals surface area contributed by atoms with Crippen LogP contribution >= 0.6 is 0 Å². The average Bonchev–Trinajstić information content (AvgIpc) is 3.16. The standard InChI is InChI=1S/C22H26N2O3/c1-15-9-10-17(16(2)12-15)13-21(25)24-20-8-4-3-7-19(20)22(26)23-14-18-6-5-11-27-18/h3-4,7-10,12,18H,5-6,11,13-14H2,1-2H3,(H,23,26)(H,24,25). The van der Waals surface area contributed by atoms with Crippen LogP contribution in [0.15, 0.2) is 42.5 Å². The predicted molar refractivity (Wildman–Crippen MR) is 106 cm³/mol. The maximum atomic E-state index is 12.5. The number of hydrogen-bond acceptors (Lipinski definition) is 3. The van der Waals surface area contributed by atoms with E-state index in [-0.39, 0.29) is 24.3 Å². The van der Waals surface area contributed by atoms with Crippen LogP contribution in [0.25, 0.3) is 0 Å². The van der Waals surface area contributed by atoms with E-state index in [1.54, 1.807) is 18.2 Å². The number of hydrogen-bond donors (Lipinski definition) is 2. The van der Waals surface area contributed by atoms with Crippen LogP contribution in [0.3, 0.4) is 0 Å². The molecule has 2 amide bonds. The lowest BCUT2D eigenvalue weighted by atomic mass is 10.0. The smallest absolute Gasteiger partial charge is 0.253 e. The molecule has 1 unspecified atom stereocenters. The molecule has 1 heterocycles. The molecule has 2 aromatic carbocycles. The normalized spacial score (nSPS) is 16.1. The van der Waals surface area contributed by atoms with Crippen molar-refractivity contribution in [2.75, 3.05) is 18.5 Å². The third kappa shape index (κ3) is 5.17. The lowest BCUT2D eigenvalue weighted by Crippen LogP contribution is -2.32. The average molecular weight is 366 g/mol. The third-order valence-corrected chi connectivity index (χ3v) is 4.81. The lowest BCUT2D eigenvalue weighted by Gasteiger charge is -2.14. The molecule has 2 N–H and O–H groups in total. The Bertz CT molecular complexity index is 826. The first kappa shape index (κ1) is 19.1. The van der Waals surface area contributed by atoms with Crippen molar-refractivity contribution in [1.82, 2.24) is 5.32 Å². The van der Waals surface area contributed by atoms with E-state index in [4.69, 9.17) is 4.74 Å². The molecule has 0 aromatic heterocycles. The number of benzene rings is 2. The number of nitrogens with one attached hydrogen (secondary N) is 2. The fourth-order valence-electron chi connectivity index (χ4n) is 3.31. The van der Waals surface area contributed by atoms with Gasteiger partial charge in [-0.15, -0.1) is 0 Å². The van der Waals surface area contributed by atoms with Gasteiger partial charge in [-0.1, -0.05) is 35.9 Å². The highest BCUT2D eigenvalue weighted by Crippen LogP contribution is 2.17. The van der Waals surface area contributed by atoms with Crippen LogP contribution in [0, 0.1) is 13.8 Å². The van der Waals surface area contributed by atoms with Crippen molar-refractivity contribution < 1.29 is 14.3 Å². The molecule has 0 radical (unpaired) electrons. The Morgan fingerprint density at radius 2 is 1.96 bits per heavy atom. The van der Waals surface area contributed by atoms with Gasteiger partial charge in [-0.3, -0.25) is 9.59 Å². The highest BCUT2D eigenvalue weighted by Gasteiger charge is 2.18. The number of para-hydroxylation sites is 1. The van der Waals surface area contributed by atoms with Crippen molar-refractivity contribution in [2.45, 2.75) is 39.2 Å². The zero-order valence-electron chi connectivity index (χ0n) is 15.9. The molecule has 2 aromatic rings. The summed E-state index contributed by atoms with van der Waals surface area (Å²) in [7, 11) is 0. The van der Waals surface area contributed by atoms with Crippen molar-refractivity contribution in [3.05, 3.63) is 64.7 Å². The second kappa shape index (κ2) is 8.82. The molecule has 5 nitrogen and oxygen atoms in total. The monoisotopic (exact) mass is 366 g/mol. The summed E-state index contributed by atoms with van der Waals surface area (Å²) in [4.78, 5) is 25.0. The summed E-state index contributed by atoms with van der Waals surface area (Å²) in [6.45, 7) is 5.28. The van der Waals surface area contributed by atoms with Gasteiger partial charge in [0.1, 0.15) is 0 Å². The van der Waals surface area contributed by atoms with Gasteiger partial charge in [-0.25, -0.2) is 0 Å². The van der Waals surface area contributed by atoms with Gasteiger partial charge in [0.05, 0.1) is 23.8 Å². The van der Waals surface area contributed by atoms with Gasteiger partial charge in [-0.2, -0.15) is 0 Å². The minimum atomic E-state index is -0.201. The fraction of sp³-hybridized carbons (Fsp3) is 0.364. The molecule has 1 aliphatic rings. The lowest BCUT2D eigenvalue weighted by molar-refractivity contribution is -0.115. The van der Waals surface area contributed by atoms with Gasteiger partial charge < -0.3 is 15.4 Å². The van der Waals surface area contributed by atoms with E-state index in [1.165, 1.54) is 5.56 Å². The molecule has 0 saturated carbocycles. The number of carbonyl (C=O) groups excluding carboxylic acids is 2. The predicted octanol–water partition coefficient (Wildman–Crippen LogP) is 3.39. The summed E-state index contributed by atoms with van der Waals surface area (Å²) in [5.74, 6) is -0.339.